The molecule has 4 aromatic carbocycles. The smallest absolute Gasteiger partial charge is 0.210 e. The van der Waals surface area contributed by atoms with Crippen molar-refractivity contribution in [2.24, 2.45) is 0 Å². The Morgan fingerprint density at radius 1 is 0.857 bits per heavy atom. The summed E-state index contributed by atoms with van der Waals surface area (Å²) in [5.41, 5.74) is 10.4. The number of rotatable bonds is 3. The van der Waals surface area contributed by atoms with Gasteiger partial charge >= 0.3 is 0 Å². The first-order valence-electron chi connectivity index (χ1n) is 15.1. The van der Waals surface area contributed by atoms with Gasteiger partial charge in [-0.3, -0.25) is 0 Å². The van der Waals surface area contributed by atoms with Gasteiger partial charge in [0.2, 0.25) is 5.69 Å². The van der Waals surface area contributed by atoms with E-state index < -0.39 is 0 Å². The molecule has 42 heavy (non-hydrogen) atoms. The molecule has 0 fully saturated rings. The number of fused-ring (bicyclic) bond motifs is 6. The minimum absolute atomic E-state index is 0.103. The van der Waals surface area contributed by atoms with Gasteiger partial charge in [0.15, 0.2) is 5.71 Å². The highest BCUT2D eigenvalue weighted by Gasteiger charge is 2.44. The Bertz CT molecular complexity index is 1930. The lowest BCUT2D eigenvalue weighted by Crippen LogP contribution is -2.27. The van der Waals surface area contributed by atoms with Crippen LogP contribution in [-0.4, -0.2) is 24.4 Å². The Hall–Kier alpha value is -3.88. The molecule has 2 nitrogen and oxygen atoms in total. The van der Waals surface area contributed by atoms with Crippen molar-refractivity contribution in [1.29, 1.82) is 0 Å². The summed E-state index contributed by atoms with van der Waals surface area (Å²) in [5, 5.41) is 6.19. The fourth-order valence-corrected chi connectivity index (χ4v) is 7.95. The molecule has 0 bridgehead atoms. The molecule has 7 rings (SSSR count). The van der Waals surface area contributed by atoms with Gasteiger partial charge in [0.25, 0.3) is 0 Å². The minimum Gasteiger partial charge on any atom is -0.347 e. The average Bonchev–Trinajstić information content (AvgIpc) is 3.36. The summed E-state index contributed by atoms with van der Waals surface area (Å²) in [4.78, 5) is 2.35. The Morgan fingerprint density at radius 3 is 2.33 bits per heavy atom. The van der Waals surface area contributed by atoms with Crippen molar-refractivity contribution in [3.8, 4) is 0 Å². The second-order valence-corrected chi connectivity index (χ2v) is 12.9. The SMILES string of the molecule is CC1C(=CC=C2CCCC(C=CC3=[N+](C)c4ccc5ccccc5c4C3(C)C)=C2Cl)N(C)c2ccc3ccccc3c21. The highest BCUT2D eigenvalue weighted by Crippen LogP contribution is 2.47. The van der Waals surface area contributed by atoms with E-state index in [1.54, 1.807) is 0 Å². The van der Waals surface area contributed by atoms with Gasteiger partial charge in [-0.15, -0.1) is 0 Å². The Balaban J connectivity index is 1.20. The molecule has 0 N–H and O–H groups in total. The van der Waals surface area contributed by atoms with E-state index in [2.05, 4.69) is 141 Å². The maximum atomic E-state index is 7.13. The Morgan fingerprint density at radius 2 is 1.55 bits per heavy atom. The van der Waals surface area contributed by atoms with Crippen molar-refractivity contribution >= 4 is 50.2 Å². The van der Waals surface area contributed by atoms with Crippen LogP contribution in [0.4, 0.5) is 11.4 Å². The third-order valence-corrected chi connectivity index (χ3v) is 10.3. The molecule has 3 heteroatoms. The fraction of sp³-hybridized carbons (Fsp3) is 0.256. The summed E-state index contributed by atoms with van der Waals surface area (Å²) in [6, 6.07) is 26.5. The van der Waals surface area contributed by atoms with Crippen LogP contribution < -0.4 is 4.90 Å². The van der Waals surface area contributed by atoms with Gasteiger partial charge in [-0.25, -0.2) is 0 Å². The van der Waals surface area contributed by atoms with Gasteiger partial charge in [-0.1, -0.05) is 85.3 Å². The van der Waals surface area contributed by atoms with Crippen LogP contribution in [0.3, 0.4) is 0 Å². The zero-order valence-corrected chi connectivity index (χ0v) is 26.0. The van der Waals surface area contributed by atoms with E-state index in [0.29, 0.717) is 5.92 Å². The topological polar surface area (TPSA) is 6.25 Å². The summed E-state index contributed by atoms with van der Waals surface area (Å²) < 4.78 is 2.36. The average molecular weight is 570 g/mol. The van der Waals surface area contributed by atoms with Crippen molar-refractivity contribution in [3.63, 3.8) is 0 Å². The summed E-state index contributed by atoms with van der Waals surface area (Å²) in [7, 11) is 4.38. The van der Waals surface area contributed by atoms with Gasteiger partial charge in [0.1, 0.15) is 7.05 Å². The van der Waals surface area contributed by atoms with Crippen LogP contribution in [0.1, 0.15) is 57.1 Å². The molecule has 2 heterocycles. The van der Waals surface area contributed by atoms with E-state index in [-0.39, 0.29) is 5.41 Å². The lowest BCUT2D eigenvalue weighted by Gasteiger charge is -2.19. The highest BCUT2D eigenvalue weighted by molar-refractivity contribution is 6.32. The second-order valence-electron chi connectivity index (χ2n) is 12.6. The number of hydrogen-bond donors (Lipinski definition) is 0. The van der Waals surface area contributed by atoms with Gasteiger partial charge in [-0.2, -0.15) is 4.58 Å². The first-order chi connectivity index (χ1) is 20.3. The van der Waals surface area contributed by atoms with Gasteiger partial charge in [0, 0.05) is 47.1 Å². The number of anilines is 1. The molecule has 0 radical (unpaired) electrons. The first-order valence-corrected chi connectivity index (χ1v) is 15.5. The zero-order chi connectivity index (χ0) is 29.2. The van der Waals surface area contributed by atoms with Crippen LogP contribution in [0.2, 0.25) is 0 Å². The molecule has 0 aromatic heterocycles. The number of hydrogen-bond acceptors (Lipinski definition) is 1. The summed E-state index contributed by atoms with van der Waals surface area (Å²) >= 11 is 7.13. The van der Waals surface area contributed by atoms with E-state index in [1.165, 1.54) is 66.6 Å². The Kier molecular flexibility index (Phi) is 6.51. The van der Waals surface area contributed by atoms with Crippen LogP contribution in [0.15, 0.2) is 119 Å². The second kappa shape index (κ2) is 10.1. The maximum absolute atomic E-state index is 7.13. The number of likely N-dealkylation sites (N-methyl/N-ethyl adjacent to an activating group) is 1. The van der Waals surface area contributed by atoms with Crippen molar-refractivity contribution in [3.05, 3.63) is 130 Å². The molecule has 1 unspecified atom stereocenters. The van der Waals surface area contributed by atoms with E-state index in [4.69, 9.17) is 11.6 Å². The highest BCUT2D eigenvalue weighted by atomic mass is 35.5. The molecule has 2 aliphatic heterocycles. The lowest BCUT2D eigenvalue weighted by atomic mass is 9.79. The van der Waals surface area contributed by atoms with Crippen LogP contribution in [0.25, 0.3) is 21.5 Å². The third kappa shape index (κ3) is 4.11. The van der Waals surface area contributed by atoms with E-state index >= 15 is 0 Å². The molecular formula is C39H38ClN2+. The van der Waals surface area contributed by atoms with Crippen LogP contribution in [0, 0.1) is 0 Å². The monoisotopic (exact) mass is 569 g/mol. The molecule has 3 aliphatic rings. The van der Waals surface area contributed by atoms with Crippen molar-refractivity contribution in [2.45, 2.75) is 51.4 Å². The van der Waals surface area contributed by atoms with Crippen LogP contribution in [-0.2, 0) is 5.41 Å². The predicted octanol–water partition coefficient (Wildman–Crippen LogP) is 10.3. The molecular weight excluding hydrogens is 532 g/mol. The zero-order valence-electron chi connectivity index (χ0n) is 25.2. The third-order valence-electron chi connectivity index (χ3n) is 9.82. The van der Waals surface area contributed by atoms with Crippen molar-refractivity contribution < 1.29 is 4.58 Å². The van der Waals surface area contributed by atoms with Gasteiger partial charge in [-0.05, 0) is 89.6 Å². The standard InChI is InChI=1S/C39H38ClN2/c1-25-32(41(4)33-22-17-26-11-6-8-15-30(26)36(25)33)21-19-28-13-10-14-29(38(28)40)20-24-35-39(2,3)37-31-16-9-7-12-27(31)18-23-34(37)42(35)5/h6-9,11-12,15-25H,10,13-14H2,1-5H3/q+1. The fourth-order valence-electron chi connectivity index (χ4n) is 7.63. The van der Waals surface area contributed by atoms with E-state index in [0.717, 1.165) is 24.3 Å². The number of benzene rings is 4. The summed E-state index contributed by atoms with van der Waals surface area (Å²) in [6.45, 7) is 7.01. The normalized spacial score (nSPS) is 22.0. The molecule has 4 aromatic rings. The van der Waals surface area contributed by atoms with Crippen LogP contribution in [0.5, 0.6) is 0 Å². The lowest BCUT2D eigenvalue weighted by molar-refractivity contribution is -0.401. The van der Waals surface area contributed by atoms with Crippen molar-refractivity contribution in [2.75, 3.05) is 19.0 Å². The molecule has 0 spiro atoms. The predicted molar refractivity (Wildman–Crippen MR) is 181 cm³/mol. The molecule has 1 aliphatic carbocycles. The number of allylic oxidation sites excluding steroid dienone is 8. The summed E-state index contributed by atoms with van der Waals surface area (Å²) in [5.74, 6) is 0.327. The molecule has 0 saturated carbocycles. The van der Waals surface area contributed by atoms with Crippen molar-refractivity contribution in [1.82, 2.24) is 0 Å². The molecule has 0 amide bonds. The minimum atomic E-state index is -0.103. The Labute approximate surface area is 254 Å². The molecule has 210 valence electrons. The quantitative estimate of drug-likeness (QED) is 0.222. The van der Waals surface area contributed by atoms with E-state index in [9.17, 15) is 0 Å². The largest absolute Gasteiger partial charge is 0.347 e. The van der Waals surface area contributed by atoms with E-state index in [1.807, 2.05) is 0 Å². The van der Waals surface area contributed by atoms with Gasteiger partial charge in [0.05, 0.1) is 5.41 Å². The number of halogens is 1. The molecule has 0 saturated heterocycles. The van der Waals surface area contributed by atoms with Crippen LogP contribution >= 0.6 is 11.6 Å². The van der Waals surface area contributed by atoms with Gasteiger partial charge < -0.3 is 4.90 Å². The summed E-state index contributed by atoms with van der Waals surface area (Å²) in [6.07, 6.45) is 12.3. The maximum Gasteiger partial charge on any atom is 0.210 e. The number of nitrogens with zero attached hydrogens (tertiary/aromatic N) is 2. The molecule has 1 atom stereocenters. The first kappa shape index (κ1) is 27.0.